The summed E-state index contributed by atoms with van der Waals surface area (Å²) in [6.45, 7) is 2.12. The molecule has 2 atom stereocenters. The van der Waals surface area contributed by atoms with Gasteiger partial charge in [-0.1, -0.05) is 25.7 Å². The molecule has 2 rings (SSSR count). The fourth-order valence-electron chi connectivity index (χ4n) is 2.95. The van der Waals surface area contributed by atoms with E-state index in [0.717, 1.165) is 25.4 Å². The van der Waals surface area contributed by atoms with Crippen LogP contribution in [0.3, 0.4) is 0 Å². The number of carbonyl (C=O) groups is 1. The molecule has 0 bridgehead atoms. The predicted molar refractivity (Wildman–Crippen MR) is 63.3 cm³/mol. The van der Waals surface area contributed by atoms with Crippen LogP contribution in [-0.4, -0.2) is 36.1 Å². The number of hydrogen-bond donors (Lipinski definition) is 1. The van der Waals surface area contributed by atoms with Crippen LogP contribution < -0.4 is 0 Å². The van der Waals surface area contributed by atoms with Crippen LogP contribution in [0.2, 0.25) is 0 Å². The molecule has 0 aromatic rings. The van der Waals surface area contributed by atoms with Crippen molar-refractivity contribution in [3.63, 3.8) is 0 Å². The lowest BCUT2D eigenvalue weighted by atomic mass is 10.0. The summed E-state index contributed by atoms with van der Waals surface area (Å²) in [5, 5.41) is 8.82. The number of nitrogens with zero attached hydrogens (tertiary/aromatic N) is 1. The lowest BCUT2D eigenvalue weighted by Gasteiger charge is -2.18. The van der Waals surface area contributed by atoms with Crippen molar-refractivity contribution >= 4 is 5.97 Å². The van der Waals surface area contributed by atoms with E-state index < -0.39 is 5.97 Å². The molecule has 0 spiro atoms. The molecule has 92 valence electrons. The van der Waals surface area contributed by atoms with Gasteiger partial charge >= 0.3 is 5.97 Å². The third-order valence-corrected chi connectivity index (χ3v) is 4.18. The van der Waals surface area contributed by atoms with Crippen molar-refractivity contribution < 1.29 is 9.90 Å². The van der Waals surface area contributed by atoms with Gasteiger partial charge in [0.05, 0.1) is 5.92 Å². The quantitative estimate of drug-likeness (QED) is 0.753. The lowest BCUT2D eigenvalue weighted by Crippen LogP contribution is -2.24. The first-order valence-electron chi connectivity index (χ1n) is 6.58. The van der Waals surface area contributed by atoms with Crippen molar-refractivity contribution in [1.29, 1.82) is 0 Å². The first kappa shape index (κ1) is 11.9. The van der Waals surface area contributed by atoms with Crippen molar-refractivity contribution in [2.75, 3.05) is 20.1 Å². The molecule has 0 aromatic heterocycles. The van der Waals surface area contributed by atoms with Crippen LogP contribution in [0.15, 0.2) is 0 Å². The monoisotopic (exact) mass is 225 g/mol. The number of hydrogen-bond acceptors (Lipinski definition) is 2. The zero-order valence-corrected chi connectivity index (χ0v) is 10.2. The molecule has 0 saturated heterocycles. The summed E-state index contributed by atoms with van der Waals surface area (Å²) in [6, 6.07) is 0. The van der Waals surface area contributed by atoms with Crippen molar-refractivity contribution in [2.45, 2.75) is 38.5 Å². The van der Waals surface area contributed by atoms with Gasteiger partial charge in [-0.2, -0.15) is 0 Å². The smallest absolute Gasteiger partial charge is 0.306 e. The average molecular weight is 225 g/mol. The summed E-state index contributed by atoms with van der Waals surface area (Å²) in [7, 11) is 2.13. The number of carboxylic acid groups (broad SMARTS) is 1. The molecule has 2 saturated carbocycles. The van der Waals surface area contributed by atoms with Crippen LogP contribution in [0.5, 0.6) is 0 Å². The largest absolute Gasteiger partial charge is 0.481 e. The second-order valence-electron chi connectivity index (χ2n) is 5.64. The maximum absolute atomic E-state index is 10.7. The minimum absolute atomic E-state index is 0.0473. The summed E-state index contributed by atoms with van der Waals surface area (Å²) in [6.07, 6.45) is 7.85. The van der Waals surface area contributed by atoms with Gasteiger partial charge in [-0.3, -0.25) is 4.79 Å². The van der Waals surface area contributed by atoms with Crippen LogP contribution in [0.4, 0.5) is 0 Å². The predicted octanol–water partition coefficient (Wildman–Crippen LogP) is 2.22. The molecule has 2 fully saturated rings. The molecule has 2 aliphatic carbocycles. The molecule has 1 N–H and O–H groups in total. The first-order valence-corrected chi connectivity index (χ1v) is 6.58. The van der Waals surface area contributed by atoms with Crippen molar-refractivity contribution in [1.82, 2.24) is 4.90 Å². The minimum atomic E-state index is -0.603. The van der Waals surface area contributed by atoms with Gasteiger partial charge < -0.3 is 10.0 Å². The third-order valence-electron chi connectivity index (χ3n) is 4.18. The van der Waals surface area contributed by atoms with Crippen molar-refractivity contribution in [3.8, 4) is 0 Å². The Morgan fingerprint density at radius 3 is 2.62 bits per heavy atom. The highest BCUT2D eigenvalue weighted by Crippen LogP contribution is 2.39. The molecular weight excluding hydrogens is 202 g/mol. The number of rotatable bonds is 6. The van der Waals surface area contributed by atoms with E-state index in [0.29, 0.717) is 5.92 Å². The second-order valence-corrected chi connectivity index (χ2v) is 5.64. The third kappa shape index (κ3) is 3.21. The highest BCUT2D eigenvalue weighted by molar-refractivity contribution is 5.73. The van der Waals surface area contributed by atoms with Crippen molar-refractivity contribution in [2.24, 2.45) is 17.8 Å². The Morgan fingerprint density at radius 2 is 2.06 bits per heavy atom. The average Bonchev–Trinajstić information content (AvgIpc) is 2.81. The van der Waals surface area contributed by atoms with Gasteiger partial charge in [-0.25, -0.2) is 0 Å². The molecule has 2 aliphatic rings. The summed E-state index contributed by atoms with van der Waals surface area (Å²) in [5.74, 6) is 0.714. The minimum Gasteiger partial charge on any atom is -0.481 e. The molecule has 0 aromatic carbocycles. The van der Waals surface area contributed by atoms with E-state index in [1.54, 1.807) is 0 Å². The SMILES string of the molecule is CN(CCC1CCCC1)CC1CC1C(=O)O. The Bertz CT molecular complexity index is 248. The summed E-state index contributed by atoms with van der Waals surface area (Å²) < 4.78 is 0. The Balaban J connectivity index is 1.58. The standard InChI is InChI=1S/C13H23NO2/c1-14(7-6-10-4-2-3-5-10)9-11-8-12(11)13(15)16/h10-12H,2-9H2,1H3,(H,15,16). The Hall–Kier alpha value is -0.570. The second kappa shape index (κ2) is 5.17. The molecule has 16 heavy (non-hydrogen) atoms. The van der Waals surface area contributed by atoms with Gasteiger partial charge in [0.25, 0.3) is 0 Å². The fraction of sp³-hybridized carbons (Fsp3) is 0.923. The number of aliphatic carboxylic acids is 1. The van der Waals surface area contributed by atoms with E-state index in [-0.39, 0.29) is 5.92 Å². The van der Waals surface area contributed by atoms with E-state index in [1.807, 2.05) is 0 Å². The zero-order chi connectivity index (χ0) is 11.5. The fourth-order valence-corrected chi connectivity index (χ4v) is 2.95. The van der Waals surface area contributed by atoms with Gasteiger partial charge in [0.2, 0.25) is 0 Å². The molecule has 0 aliphatic heterocycles. The molecule has 3 heteroatoms. The molecule has 0 radical (unpaired) electrons. The van der Waals surface area contributed by atoms with Crippen LogP contribution in [0.25, 0.3) is 0 Å². The summed E-state index contributed by atoms with van der Waals surface area (Å²) in [5.41, 5.74) is 0. The van der Waals surface area contributed by atoms with Crippen LogP contribution in [0, 0.1) is 17.8 Å². The summed E-state index contributed by atoms with van der Waals surface area (Å²) in [4.78, 5) is 13.0. The Kier molecular flexibility index (Phi) is 3.85. The molecule has 0 amide bonds. The zero-order valence-electron chi connectivity index (χ0n) is 10.2. The topological polar surface area (TPSA) is 40.5 Å². The summed E-state index contributed by atoms with van der Waals surface area (Å²) >= 11 is 0. The van der Waals surface area contributed by atoms with Crippen LogP contribution in [-0.2, 0) is 4.79 Å². The Labute approximate surface area is 97.8 Å². The molecular formula is C13H23NO2. The highest BCUT2D eigenvalue weighted by atomic mass is 16.4. The van der Waals surface area contributed by atoms with Gasteiger partial charge in [-0.15, -0.1) is 0 Å². The van der Waals surface area contributed by atoms with Gasteiger partial charge in [-0.05, 0) is 38.3 Å². The number of carboxylic acids is 1. The highest BCUT2D eigenvalue weighted by Gasteiger charge is 2.43. The van der Waals surface area contributed by atoms with E-state index in [2.05, 4.69) is 11.9 Å². The van der Waals surface area contributed by atoms with Crippen LogP contribution in [0.1, 0.15) is 38.5 Å². The maximum Gasteiger partial charge on any atom is 0.306 e. The van der Waals surface area contributed by atoms with Gasteiger partial charge in [0, 0.05) is 6.54 Å². The van der Waals surface area contributed by atoms with E-state index in [1.165, 1.54) is 32.1 Å². The van der Waals surface area contributed by atoms with E-state index in [9.17, 15) is 4.79 Å². The molecule has 3 nitrogen and oxygen atoms in total. The normalized spacial score (nSPS) is 29.9. The van der Waals surface area contributed by atoms with Gasteiger partial charge in [0.1, 0.15) is 0 Å². The van der Waals surface area contributed by atoms with Gasteiger partial charge in [0.15, 0.2) is 0 Å². The van der Waals surface area contributed by atoms with E-state index in [4.69, 9.17) is 5.11 Å². The van der Waals surface area contributed by atoms with Crippen molar-refractivity contribution in [3.05, 3.63) is 0 Å². The molecule has 0 heterocycles. The van der Waals surface area contributed by atoms with E-state index >= 15 is 0 Å². The Morgan fingerprint density at radius 1 is 1.38 bits per heavy atom. The van der Waals surface area contributed by atoms with Crippen LogP contribution >= 0.6 is 0 Å². The maximum atomic E-state index is 10.7. The first-order chi connectivity index (χ1) is 7.66. The lowest BCUT2D eigenvalue weighted by molar-refractivity contribution is -0.138. The molecule has 2 unspecified atom stereocenters.